The van der Waals surface area contributed by atoms with Crippen molar-refractivity contribution in [2.75, 3.05) is 13.2 Å². The summed E-state index contributed by atoms with van der Waals surface area (Å²) >= 11 is 0. The van der Waals surface area contributed by atoms with Crippen molar-refractivity contribution in [1.29, 1.82) is 0 Å². The van der Waals surface area contributed by atoms with E-state index in [0.29, 0.717) is 12.8 Å². The zero-order valence-corrected chi connectivity index (χ0v) is 26.1. The maximum atomic E-state index is 12.2. The van der Waals surface area contributed by atoms with Crippen LogP contribution in [0, 0.1) is 0 Å². The molecule has 0 aliphatic heterocycles. The molecule has 40 heavy (non-hydrogen) atoms. The minimum absolute atomic E-state index is 0.208. The van der Waals surface area contributed by atoms with Gasteiger partial charge in [0, 0.05) is 12.8 Å². The van der Waals surface area contributed by atoms with Crippen LogP contribution < -0.4 is 0 Å². The summed E-state index contributed by atoms with van der Waals surface area (Å²) in [6, 6.07) is 0. The van der Waals surface area contributed by atoms with Gasteiger partial charge in [-0.2, -0.15) is 0 Å². The summed E-state index contributed by atoms with van der Waals surface area (Å²) in [6.45, 7) is 3.56. The number of hydrogen-bond acceptors (Lipinski definition) is 6. The fraction of sp³-hybridized carbons (Fsp3) is 0.806. The van der Waals surface area contributed by atoms with Gasteiger partial charge < -0.3 is 19.3 Å². The molecule has 9 heteroatoms. The lowest BCUT2D eigenvalue weighted by atomic mass is 10.1. The molecule has 0 spiro atoms. The predicted octanol–water partition coefficient (Wildman–Crippen LogP) is 8.50. The minimum atomic E-state index is -4.74. The van der Waals surface area contributed by atoms with Crippen molar-refractivity contribution in [3.63, 3.8) is 0 Å². The Morgan fingerprint density at radius 3 is 1.62 bits per heavy atom. The lowest BCUT2D eigenvalue weighted by Crippen LogP contribution is -2.29. The third kappa shape index (κ3) is 29.5. The first kappa shape index (κ1) is 38.5. The normalized spacial score (nSPS) is 12.8. The first-order chi connectivity index (χ1) is 19.3. The molecule has 0 aromatic rings. The second-order valence-electron chi connectivity index (χ2n) is 10.5. The van der Waals surface area contributed by atoms with Crippen molar-refractivity contribution in [3.05, 3.63) is 24.3 Å². The Morgan fingerprint density at radius 1 is 0.650 bits per heavy atom. The quantitative estimate of drug-likeness (QED) is 0.0404. The molecule has 0 radical (unpaired) electrons. The molecule has 0 rings (SSSR count). The Labute approximate surface area is 243 Å². The van der Waals surface area contributed by atoms with Crippen LogP contribution in [0.3, 0.4) is 0 Å². The molecule has 8 nitrogen and oxygen atoms in total. The van der Waals surface area contributed by atoms with Crippen LogP contribution in [0.5, 0.6) is 0 Å². The summed E-state index contributed by atoms with van der Waals surface area (Å²) in [6.07, 6.45) is 27.8. The number of phosphoric ester groups is 1. The van der Waals surface area contributed by atoms with Crippen molar-refractivity contribution in [2.45, 2.75) is 148 Å². The van der Waals surface area contributed by atoms with E-state index in [4.69, 9.17) is 19.3 Å². The van der Waals surface area contributed by atoms with E-state index >= 15 is 0 Å². The number of phosphoric acid groups is 1. The van der Waals surface area contributed by atoms with E-state index < -0.39 is 32.5 Å². The van der Waals surface area contributed by atoms with E-state index in [0.717, 1.165) is 57.8 Å². The first-order valence-corrected chi connectivity index (χ1v) is 17.2. The van der Waals surface area contributed by atoms with Crippen LogP contribution in [0.4, 0.5) is 0 Å². The number of unbranched alkanes of at least 4 members (excludes halogenated alkanes) is 15. The number of carbonyl (C=O) groups excluding carboxylic acids is 2. The summed E-state index contributed by atoms with van der Waals surface area (Å²) in [5.41, 5.74) is 0. The molecule has 234 valence electrons. The van der Waals surface area contributed by atoms with Gasteiger partial charge in [-0.05, 0) is 38.5 Å². The van der Waals surface area contributed by atoms with Crippen LogP contribution in [0.1, 0.15) is 142 Å². The van der Waals surface area contributed by atoms with Gasteiger partial charge in [-0.25, -0.2) is 4.57 Å². The highest BCUT2D eigenvalue weighted by Crippen LogP contribution is 2.35. The summed E-state index contributed by atoms with van der Waals surface area (Å²) < 4.78 is 26.0. The Bertz CT molecular complexity index is 716. The predicted molar refractivity (Wildman–Crippen MR) is 161 cm³/mol. The highest BCUT2D eigenvalue weighted by Gasteiger charge is 2.22. The van der Waals surface area contributed by atoms with Gasteiger partial charge in [0.25, 0.3) is 0 Å². The summed E-state index contributed by atoms with van der Waals surface area (Å²) in [5, 5.41) is 0. The van der Waals surface area contributed by atoms with Gasteiger partial charge in [0.1, 0.15) is 6.61 Å². The van der Waals surface area contributed by atoms with Crippen molar-refractivity contribution >= 4 is 19.8 Å². The minimum Gasteiger partial charge on any atom is -0.462 e. The summed E-state index contributed by atoms with van der Waals surface area (Å²) in [7, 11) is -4.74. The molecule has 2 N–H and O–H groups in total. The number of esters is 2. The Kier molecular flexibility index (Phi) is 26.7. The first-order valence-electron chi connectivity index (χ1n) is 15.6. The third-order valence-corrected chi connectivity index (χ3v) is 6.99. The van der Waals surface area contributed by atoms with Crippen LogP contribution >= 0.6 is 7.82 Å². The molecule has 0 heterocycles. The van der Waals surface area contributed by atoms with Crippen molar-refractivity contribution in [3.8, 4) is 0 Å². The maximum Gasteiger partial charge on any atom is 0.469 e. The molecule has 0 fully saturated rings. The van der Waals surface area contributed by atoms with Gasteiger partial charge in [0.2, 0.25) is 0 Å². The van der Waals surface area contributed by atoms with Crippen molar-refractivity contribution in [1.82, 2.24) is 0 Å². The SMILES string of the molecule is CCCCCC/C=C/C=C/CCCCCCCC(=O)OC[C@H](COP(=O)(O)O)OC(=O)CCCCCCCCC. The molecule has 0 amide bonds. The smallest absolute Gasteiger partial charge is 0.462 e. The average molecular weight is 589 g/mol. The molecule has 0 aromatic heterocycles. The van der Waals surface area contributed by atoms with Gasteiger partial charge in [0.15, 0.2) is 6.10 Å². The maximum absolute atomic E-state index is 12.2. The van der Waals surface area contributed by atoms with Gasteiger partial charge in [-0.15, -0.1) is 0 Å². The van der Waals surface area contributed by atoms with Crippen LogP contribution in [-0.2, 0) is 28.2 Å². The number of ether oxygens (including phenoxy) is 2. The van der Waals surface area contributed by atoms with Crippen LogP contribution in [0.25, 0.3) is 0 Å². The molecule has 0 aromatic carbocycles. The van der Waals surface area contributed by atoms with Crippen molar-refractivity contribution in [2.24, 2.45) is 0 Å². The fourth-order valence-corrected chi connectivity index (χ4v) is 4.49. The number of hydrogen-bond donors (Lipinski definition) is 2. The largest absolute Gasteiger partial charge is 0.469 e. The fourth-order valence-electron chi connectivity index (χ4n) is 4.13. The summed E-state index contributed by atoms with van der Waals surface area (Å²) in [5.74, 6) is -0.911. The highest BCUT2D eigenvalue weighted by molar-refractivity contribution is 7.46. The van der Waals surface area contributed by atoms with E-state index in [1.54, 1.807) is 0 Å². The number of carbonyl (C=O) groups is 2. The molecule has 0 aliphatic rings. The number of allylic oxidation sites excluding steroid dienone is 4. The van der Waals surface area contributed by atoms with Crippen LogP contribution in [0.15, 0.2) is 24.3 Å². The van der Waals surface area contributed by atoms with E-state index in [9.17, 15) is 14.2 Å². The molecule has 1 atom stereocenters. The third-order valence-electron chi connectivity index (χ3n) is 6.50. The molecular weight excluding hydrogens is 531 g/mol. The molecule has 0 aliphatic carbocycles. The van der Waals surface area contributed by atoms with Gasteiger partial charge in [0.05, 0.1) is 6.61 Å². The standard InChI is InChI=1S/C31H57O8P/c1-3-5-7-9-11-12-13-14-15-16-17-18-20-21-23-25-30(32)37-27-29(28-38-40(34,35)36)39-31(33)26-24-22-19-10-8-6-4-2/h12-15,29H,3-11,16-28H2,1-2H3,(H2,34,35,36)/b13-12+,15-14+/t29-/m1/s1. The van der Waals surface area contributed by atoms with E-state index in [2.05, 4.69) is 42.7 Å². The highest BCUT2D eigenvalue weighted by atomic mass is 31.2. The van der Waals surface area contributed by atoms with Crippen LogP contribution in [0.2, 0.25) is 0 Å². The second kappa shape index (κ2) is 27.7. The van der Waals surface area contributed by atoms with E-state index in [1.807, 2.05) is 0 Å². The Balaban J connectivity index is 4.02. The number of rotatable bonds is 28. The molecule has 0 saturated carbocycles. The van der Waals surface area contributed by atoms with E-state index in [-0.39, 0.29) is 19.4 Å². The molecular formula is C31H57O8P. The van der Waals surface area contributed by atoms with E-state index in [1.165, 1.54) is 44.9 Å². The molecule has 0 bridgehead atoms. The second-order valence-corrected chi connectivity index (χ2v) is 11.7. The monoisotopic (exact) mass is 588 g/mol. The van der Waals surface area contributed by atoms with Gasteiger partial charge in [-0.3, -0.25) is 14.1 Å². The van der Waals surface area contributed by atoms with Crippen molar-refractivity contribution < 1.29 is 37.9 Å². The molecule has 0 unspecified atom stereocenters. The van der Waals surface area contributed by atoms with Crippen LogP contribution in [-0.4, -0.2) is 41.0 Å². The van der Waals surface area contributed by atoms with Gasteiger partial charge in [-0.1, -0.05) is 115 Å². The summed E-state index contributed by atoms with van der Waals surface area (Å²) in [4.78, 5) is 42.2. The Morgan fingerprint density at radius 2 is 1.10 bits per heavy atom. The lowest BCUT2D eigenvalue weighted by Gasteiger charge is -2.18. The zero-order valence-electron chi connectivity index (χ0n) is 25.2. The topological polar surface area (TPSA) is 119 Å². The Hall–Kier alpha value is -1.47. The lowest BCUT2D eigenvalue weighted by molar-refractivity contribution is -0.161. The van der Waals surface area contributed by atoms with Gasteiger partial charge >= 0.3 is 19.8 Å². The molecule has 0 saturated heterocycles. The average Bonchev–Trinajstić information content (AvgIpc) is 2.91. The zero-order chi connectivity index (χ0) is 29.7.